The minimum absolute atomic E-state index is 0.0223. The highest BCUT2D eigenvalue weighted by atomic mass is 16.1. The summed E-state index contributed by atoms with van der Waals surface area (Å²) in [5.74, 6) is 1.21. The van der Waals surface area contributed by atoms with Crippen molar-refractivity contribution in [2.24, 2.45) is 5.92 Å². The van der Waals surface area contributed by atoms with Gasteiger partial charge in [-0.3, -0.25) is 4.79 Å². The number of piperidine rings is 1. The van der Waals surface area contributed by atoms with Gasteiger partial charge in [-0.25, -0.2) is 4.98 Å². The Morgan fingerprint density at radius 2 is 2.19 bits per heavy atom. The van der Waals surface area contributed by atoms with Gasteiger partial charge in [-0.05, 0) is 52.6 Å². The Labute approximate surface area is 127 Å². The highest BCUT2D eigenvalue weighted by Gasteiger charge is 2.24. The molecule has 0 saturated carbocycles. The molecular formula is C16H28N4O. The number of anilines is 1. The molecule has 0 spiro atoms. The topological polar surface area (TPSA) is 50.2 Å². The van der Waals surface area contributed by atoms with Crippen molar-refractivity contribution in [2.45, 2.75) is 46.1 Å². The molecular weight excluding hydrogens is 264 g/mol. The van der Waals surface area contributed by atoms with Gasteiger partial charge in [0.25, 0.3) is 5.56 Å². The second-order valence-electron chi connectivity index (χ2n) is 6.86. The summed E-state index contributed by atoms with van der Waals surface area (Å²) >= 11 is 0. The van der Waals surface area contributed by atoms with Gasteiger partial charge in [0.05, 0.1) is 0 Å². The third-order valence-electron chi connectivity index (χ3n) is 4.05. The van der Waals surface area contributed by atoms with Crippen LogP contribution in [0.15, 0.2) is 17.2 Å². The molecule has 5 heteroatoms. The molecule has 0 aromatic carbocycles. The molecule has 0 radical (unpaired) electrons. The smallest absolute Gasteiger partial charge is 0.293 e. The average molecular weight is 292 g/mol. The van der Waals surface area contributed by atoms with Crippen LogP contribution in [0.5, 0.6) is 0 Å². The monoisotopic (exact) mass is 292 g/mol. The zero-order valence-electron chi connectivity index (χ0n) is 13.7. The SMILES string of the molecule is CCNCC1CCCN(c2nccn(C(C)(C)C)c2=O)C1. The summed E-state index contributed by atoms with van der Waals surface area (Å²) in [6.45, 7) is 12.1. The lowest BCUT2D eigenvalue weighted by molar-refractivity contribution is 0.374. The number of rotatable bonds is 4. The number of aromatic nitrogens is 2. The Morgan fingerprint density at radius 1 is 1.43 bits per heavy atom. The Bertz CT molecular complexity index is 518. The quantitative estimate of drug-likeness (QED) is 0.920. The van der Waals surface area contributed by atoms with E-state index in [-0.39, 0.29) is 11.1 Å². The molecule has 1 unspecified atom stereocenters. The van der Waals surface area contributed by atoms with Crippen molar-refractivity contribution in [2.75, 3.05) is 31.1 Å². The zero-order valence-corrected chi connectivity index (χ0v) is 13.7. The Balaban J connectivity index is 2.20. The van der Waals surface area contributed by atoms with Gasteiger partial charge in [0.15, 0.2) is 5.82 Å². The lowest BCUT2D eigenvalue weighted by Crippen LogP contribution is -2.44. The summed E-state index contributed by atoms with van der Waals surface area (Å²) in [6, 6.07) is 0. The largest absolute Gasteiger partial charge is 0.352 e. The number of hydrogen-bond acceptors (Lipinski definition) is 4. The first kappa shape index (κ1) is 16.0. The van der Waals surface area contributed by atoms with Gasteiger partial charge in [-0.15, -0.1) is 0 Å². The molecule has 1 aliphatic rings. The summed E-state index contributed by atoms with van der Waals surface area (Å²) < 4.78 is 1.78. The molecule has 1 fully saturated rings. The van der Waals surface area contributed by atoms with Crippen LogP contribution >= 0.6 is 0 Å². The molecule has 1 aliphatic heterocycles. The number of hydrogen-bond donors (Lipinski definition) is 1. The molecule has 2 heterocycles. The van der Waals surface area contributed by atoms with Crippen molar-refractivity contribution in [1.29, 1.82) is 0 Å². The lowest BCUT2D eigenvalue weighted by Gasteiger charge is -2.34. The van der Waals surface area contributed by atoms with E-state index in [0.717, 1.165) is 32.6 Å². The summed E-state index contributed by atoms with van der Waals surface area (Å²) in [5, 5.41) is 3.41. The molecule has 5 nitrogen and oxygen atoms in total. The van der Waals surface area contributed by atoms with E-state index in [1.807, 2.05) is 20.8 Å². The lowest BCUT2D eigenvalue weighted by atomic mass is 9.98. The van der Waals surface area contributed by atoms with Gasteiger partial charge in [-0.1, -0.05) is 6.92 Å². The molecule has 0 bridgehead atoms. The third kappa shape index (κ3) is 3.84. The molecule has 1 N–H and O–H groups in total. The summed E-state index contributed by atoms with van der Waals surface area (Å²) in [5.41, 5.74) is -0.192. The minimum atomic E-state index is -0.215. The van der Waals surface area contributed by atoms with Crippen molar-refractivity contribution in [1.82, 2.24) is 14.9 Å². The fourth-order valence-electron chi connectivity index (χ4n) is 2.92. The highest BCUT2D eigenvalue weighted by Crippen LogP contribution is 2.20. The number of nitrogens with zero attached hydrogens (tertiary/aromatic N) is 3. The fraction of sp³-hybridized carbons (Fsp3) is 0.750. The van der Waals surface area contributed by atoms with Crippen molar-refractivity contribution in [3.63, 3.8) is 0 Å². The first-order chi connectivity index (χ1) is 9.93. The van der Waals surface area contributed by atoms with Crippen LogP contribution in [-0.4, -0.2) is 35.7 Å². The molecule has 118 valence electrons. The van der Waals surface area contributed by atoms with Crippen LogP contribution in [-0.2, 0) is 5.54 Å². The van der Waals surface area contributed by atoms with Crippen molar-refractivity contribution < 1.29 is 0 Å². The molecule has 1 aromatic rings. The van der Waals surface area contributed by atoms with Crippen LogP contribution in [0.25, 0.3) is 0 Å². The summed E-state index contributed by atoms with van der Waals surface area (Å²) in [6.07, 6.45) is 5.88. The summed E-state index contributed by atoms with van der Waals surface area (Å²) in [4.78, 5) is 19.2. The maximum Gasteiger partial charge on any atom is 0.293 e. The van der Waals surface area contributed by atoms with E-state index in [1.54, 1.807) is 17.0 Å². The average Bonchev–Trinajstić information content (AvgIpc) is 2.44. The van der Waals surface area contributed by atoms with Gasteiger partial charge in [0.1, 0.15) is 0 Å². The van der Waals surface area contributed by atoms with Crippen molar-refractivity contribution in [3.05, 3.63) is 22.7 Å². The molecule has 2 rings (SSSR count). The van der Waals surface area contributed by atoms with E-state index < -0.39 is 0 Å². The fourth-order valence-corrected chi connectivity index (χ4v) is 2.92. The van der Waals surface area contributed by atoms with E-state index >= 15 is 0 Å². The molecule has 1 atom stereocenters. The minimum Gasteiger partial charge on any atom is -0.352 e. The molecule has 1 saturated heterocycles. The summed E-state index contributed by atoms with van der Waals surface area (Å²) in [7, 11) is 0. The Kier molecular flexibility index (Phi) is 5.04. The second kappa shape index (κ2) is 6.60. The van der Waals surface area contributed by atoms with Crippen molar-refractivity contribution >= 4 is 5.82 Å². The first-order valence-electron chi connectivity index (χ1n) is 7.97. The van der Waals surface area contributed by atoms with E-state index in [4.69, 9.17) is 0 Å². The second-order valence-corrected chi connectivity index (χ2v) is 6.86. The zero-order chi connectivity index (χ0) is 15.5. The third-order valence-corrected chi connectivity index (χ3v) is 4.05. The van der Waals surface area contributed by atoms with Crippen LogP contribution in [0.3, 0.4) is 0 Å². The molecule has 0 amide bonds. The van der Waals surface area contributed by atoms with Gasteiger partial charge in [0, 0.05) is 31.0 Å². The maximum absolute atomic E-state index is 12.7. The molecule has 21 heavy (non-hydrogen) atoms. The van der Waals surface area contributed by atoms with Gasteiger partial charge in [-0.2, -0.15) is 0 Å². The molecule has 0 aliphatic carbocycles. The highest BCUT2D eigenvalue weighted by molar-refractivity contribution is 5.36. The standard InChI is InChI=1S/C16H28N4O/c1-5-17-11-13-7-6-9-19(12-13)14-15(21)20(10-8-18-14)16(2,3)4/h8,10,13,17H,5-7,9,11-12H2,1-4H3. The predicted molar refractivity (Wildman–Crippen MR) is 87.0 cm³/mol. The van der Waals surface area contributed by atoms with E-state index in [1.165, 1.54) is 6.42 Å². The van der Waals surface area contributed by atoms with Crippen LogP contribution in [0.2, 0.25) is 0 Å². The van der Waals surface area contributed by atoms with E-state index in [2.05, 4.69) is 22.1 Å². The normalized spacial score (nSPS) is 19.8. The van der Waals surface area contributed by atoms with Crippen LogP contribution in [0, 0.1) is 5.92 Å². The van der Waals surface area contributed by atoms with Crippen LogP contribution in [0.1, 0.15) is 40.5 Å². The predicted octanol–water partition coefficient (Wildman–Crippen LogP) is 1.82. The van der Waals surface area contributed by atoms with Crippen molar-refractivity contribution in [3.8, 4) is 0 Å². The van der Waals surface area contributed by atoms with E-state index in [9.17, 15) is 4.79 Å². The number of nitrogens with one attached hydrogen (secondary N) is 1. The van der Waals surface area contributed by atoms with Gasteiger partial charge in [0.2, 0.25) is 0 Å². The Hall–Kier alpha value is -1.36. The van der Waals surface area contributed by atoms with E-state index in [0.29, 0.717) is 11.7 Å². The first-order valence-corrected chi connectivity index (χ1v) is 7.97. The van der Waals surface area contributed by atoms with Gasteiger partial charge < -0.3 is 14.8 Å². The Morgan fingerprint density at radius 3 is 2.86 bits per heavy atom. The van der Waals surface area contributed by atoms with Crippen LogP contribution in [0.4, 0.5) is 5.82 Å². The van der Waals surface area contributed by atoms with Crippen LogP contribution < -0.4 is 15.8 Å². The molecule has 1 aromatic heterocycles. The van der Waals surface area contributed by atoms with Gasteiger partial charge >= 0.3 is 0 Å². The maximum atomic E-state index is 12.7.